The quantitative estimate of drug-likeness (QED) is 0.477. The number of methoxy groups -OCH3 is 1. The predicted octanol–water partition coefficient (Wildman–Crippen LogP) is 3.62. The molecule has 0 radical (unpaired) electrons. The molecular formula is C23H22N4O5S. The Labute approximate surface area is 190 Å². The molecule has 1 aromatic carbocycles. The Kier molecular flexibility index (Phi) is 5.16. The molecular weight excluding hydrogens is 444 g/mol. The van der Waals surface area contributed by atoms with E-state index in [1.54, 1.807) is 56.5 Å². The van der Waals surface area contributed by atoms with Crippen molar-refractivity contribution < 1.29 is 22.4 Å². The second kappa shape index (κ2) is 8.04. The minimum atomic E-state index is -3.11. The molecule has 5 rings (SSSR count). The van der Waals surface area contributed by atoms with Crippen LogP contribution in [-0.4, -0.2) is 47.5 Å². The summed E-state index contributed by atoms with van der Waals surface area (Å²) < 4.78 is 36.9. The van der Waals surface area contributed by atoms with Gasteiger partial charge in [0.25, 0.3) is 5.91 Å². The first kappa shape index (κ1) is 21.2. The van der Waals surface area contributed by atoms with E-state index in [1.165, 1.54) is 6.26 Å². The van der Waals surface area contributed by atoms with Crippen molar-refractivity contribution in [1.82, 2.24) is 14.5 Å². The summed E-state index contributed by atoms with van der Waals surface area (Å²) in [6.07, 6.45) is 2.03. The van der Waals surface area contributed by atoms with Gasteiger partial charge in [-0.1, -0.05) is 6.07 Å². The SMILES string of the molecule is COc1cccc(NC(=O)c2nc(-c3ccco3)cc3c2nc(C)n3C2CCS(=O)(=O)C2)c1. The third-order valence-electron chi connectivity index (χ3n) is 5.74. The molecule has 4 aromatic rings. The number of pyridine rings is 1. The fraction of sp³-hybridized carbons (Fsp3) is 0.261. The number of aromatic nitrogens is 3. The summed E-state index contributed by atoms with van der Waals surface area (Å²) in [5, 5.41) is 2.85. The van der Waals surface area contributed by atoms with Crippen LogP contribution in [0.5, 0.6) is 5.75 Å². The Balaban J connectivity index is 1.64. The number of fused-ring (bicyclic) bond motifs is 1. The summed E-state index contributed by atoms with van der Waals surface area (Å²) in [6, 6.07) is 12.1. The predicted molar refractivity (Wildman–Crippen MR) is 123 cm³/mol. The smallest absolute Gasteiger partial charge is 0.276 e. The van der Waals surface area contributed by atoms with Crippen molar-refractivity contribution in [2.75, 3.05) is 23.9 Å². The lowest BCUT2D eigenvalue weighted by Gasteiger charge is -2.14. The number of furan rings is 1. The number of aryl methyl sites for hydroxylation is 1. The number of sulfone groups is 1. The number of amides is 1. The number of nitrogens with zero attached hydrogens (tertiary/aromatic N) is 3. The van der Waals surface area contributed by atoms with Crippen LogP contribution in [0.1, 0.15) is 28.8 Å². The Bertz CT molecular complexity index is 1460. The lowest BCUT2D eigenvalue weighted by Crippen LogP contribution is -2.15. The third-order valence-corrected chi connectivity index (χ3v) is 7.49. The maximum Gasteiger partial charge on any atom is 0.276 e. The Hall–Kier alpha value is -3.66. The lowest BCUT2D eigenvalue weighted by molar-refractivity contribution is 0.102. The van der Waals surface area contributed by atoms with E-state index >= 15 is 0 Å². The van der Waals surface area contributed by atoms with Crippen LogP contribution in [0.25, 0.3) is 22.5 Å². The summed E-state index contributed by atoms with van der Waals surface area (Å²) in [6.45, 7) is 1.81. The minimum absolute atomic E-state index is 0.0447. The van der Waals surface area contributed by atoms with Crippen LogP contribution in [0.2, 0.25) is 0 Å². The highest BCUT2D eigenvalue weighted by Gasteiger charge is 2.32. The van der Waals surface area contributed by atoms with Crippen molar-refractivity contribution in [2.45, 2.75) is 19.4 Å². The van der Waals surface area contributed by atoms with Crippen LogP contribution in [0.3, 0.4) is 0 Å². The molecule has 9 nitrogen and oxygen atoms in total. The van der Waals surface area contributed by atoms with E-state index in [1.807, 2.05) is 4.57 Å². The van der Waals surface area contributed by atoms with Crippen molar-refractivity contribution >= 4 is 32.5 Å². The van der Waals surface area contributed by atoms with Gasteiger partial charge in [-0.05, 0) is 43.7 Å². The molecule has 0 spiro atoms. The number of hydrogen-bond acceptors (Lipinski definition) is 7. The van der Waals surface area contributed by atoms with Crippen LogP contribution in [0, 0.1) is 6.92 Å². The molecule has 1 N–H and O–H groups in total. The highest BCUT2D eigenvalue weighted by molar-refractivity contribution is 7.91. The van der Waals surface area contributed by atoms with Crippen molar-refractivity contribution in [3.63, 3.8) is 0 Å². The van der Waals surface area contributed by atoms with E-state index in [9.17, 15) is 13.2 Å². The number of nitrogens with one attached hydrogen (secondary N) is 1. The summed E-state index contributed by atoms with van der Waals surface area (Å²) in [4.78, 5) is 22.5. The van der Waals surface area contributed by atoms with E-state index < -0.39 is 15.7 Å². The maximum atomic E-state index is 13.3. The number of hydrogen-bond donors (Lipinski definition) is 1. The normalized spacial score (nSPS) is 17.3. The van der Waals surface area contributed by atoms with Crippen molar-refractivity contribution in [3.8, 4) is 17.2 Å². The highest BCUT2D eigenvalue weighted by atomic mass is 32.2. The van der Waals surface area contributed by atoms with E-state index in [-0.39, 0.29) is 23.2 Å². The lowest BCUT2D eigenvalue weighted by atomic mass is 10.2. The topological polar surface area (TPSA) is 116 Å². The first-order valence-electron chi connectivity index (χ1n) is 10.4. The van der Waals surface area contributed by atoms with Gasteiger partial charge in [0.15, 0.2) is 21.3 Å². The fourth-order valence-electron chi connectivity index (χ4n) is 4.25. The molecule has 0 bridgehead atoms. The van der Waals surface area contributed by atoms with Crippen LogP contribution in [0.15, 0.2) is 53.1 Å². The number of benzene rings is 1. The Morgan fingerprint density at radius 2 is 2.06 bits per heavy atom. The molecule has 33 heavy (non-hydrogen) atoms. The maximum absolute atomic E-state index is 13.3. The average molecular weight is 467 g/mol. The molecule has 1 aliphatic heterocycles. The molecule has 1 fully saturated rings. The van der Waals surface area contributed by atoms with Gasteiger partial charge in [-0.3, -0.25) is 4.79 Å². The summed E-state index contributed by atoms with van der Waals surface area (Å²) in [7, 11) is -1.55. The number of imidazole rings is 1. The minimum Gasteiger partial charge on any atom is -0.497 e. The van der Waals surface area contributed by atoms with Gasteiger partial charge >= 0.3 is 0 Å². The van der Waals surface area contributed by atoms with Gasteiger partial charge in [-0.15, -0.1) is 0 Å². The summed E-state index contributed by atoms with van der Waals surface area (Å²) >= 11 is 0. The molecule has 1 aliphatic rings. The van der Waals surface area contributed by atoms with E-state index in [0.717, 1.165) is 0 Å². The molecule has 10 heteroatoms. The van der Waals surface area contributed by atoms with E-state index in [4.69, 9.17) is 9.15 Å². The van der Waals surface area contributed by atoms with Crippen molar-refractivity contribution in [2.24, 2.45) is 0 Å². The molecule has 170 valence electrons. The first-order chi connectivity index (χ1) is 15.8. The zero-order chi connectivity index (χ0) is 23.2. The second-order valence-electron chi connectivity index (χ2n) is 7.97. The number of rotatable bonds is 5. The number of ether oxygens (including phenoxy) is 1. The Morgan fingerprint density at radius 1 is 1.21 bits per heavy atom. The van der Waals surface area contributed by atoms with Gasteiger partial charge in [0, 0.05) is 11.8 Å². The number of carbonyl (C=O) groups is 1. The molecule has 0 aliphatic carbocycles. The number of carbonyl (C=O) groups excluding carboxylic acids is 1. The monoisotopic (exact) mass is 466 g/mol. The third kappa shape index (κ3) is 3.97. The second-order valence-corrected chi connectivity index (χ2v) is 10.2. The molecule has 1 amide bonds. The first-order valence-corrected chi connectivity index (χ1v) is 12.3. The van der Waals surface area contributed by atoms with Crippen LogP contribution in [-0.2, 0) is 9.84 Å². The zero-order valence-corrected chi connectivity index (χ0v) is 18.9. The van der Waals surface area contributed by atoms with Gasteiger partial charge in [-0.2, -0.15) is 0 Å². The average Bonchev–Trinajstić information content (AvgIpc) is 3.51. The van der Waals surface area contributed by atoms with Gasteiger partial charge in [0.05, 0.1) is 36.4 Å². The molecule has 1 saturated heterocycles. The Morgan fingerprint density at radius 3 is 2.76 bits per heavy atom. The largest absolute Gasteiger partial charge is 0.497 e. The molecule has 1 unspecified atom stereocenters. The summed E-state index contributed by atoms with van der Waals surface area (Å²) in [5.74, 6) is 1.47. The van der Waals surface area contributed by atoms with Crippen LogP contribution < -0.4 is 10.1 Å². The summed E-state index contributed by atoms with van der Waals surface area (Å²) in [5.41, 5.74) is 2.20. The van der Waals surface area contributed by atoms with Gasteiger partial charge < -0.3 is 19.0 Å². The highest BCUT2D eigenvalue weighted by Crippen LogP contribution is 2.33. The molecule has 3 aromatic heterocycles. The fourth-order valence-corrected chi connectivity index (χ4v) is 5.95. The molecule has 4 heterocycles. The van der Waals surface area contributed by atoms with Crippen molar-refractivity contribution in [1.29, 1.82) is 0 Å². The van der Waals surface area contributed by atoms with E-state index in [2.05, 4.69) is 15.3 Å². The zero-order valence-electron chi connectivity index (χ0n) is 18.1. The number of anilines is 1. The molecule has 0 saturated carbocycles. The standard InChI is InChI=1S/C23H22N4O5S/c1-14-24-21-19(27(14)16-8-10-33(29,30)13-16)12-18(20-7-4-9-32-20)26-22(21)23(28)25-15-5-3-6-17(11-15)31-2/h3-7,9,11-12,16H,8,10,13H2,1-2H3,(H,25,28). The van der Waals surface area contributed by atoms with Crippen LogP contribution >= 0.6 is 0 Å². The van der Waals surface area contributed by atoms with Crippen LogP contribution in [0.4, 0.5) is 5.69 Å². The molecule has 1 atom stereocenters. The van der Waals surface area contributed by atoms with Gasteiger partial charge in [0.1, 0.15) is 22.8 Å². The van der Waals surface area contributed by atoms with Crippen molar-refractivity contribution in [3.05, 3.63) is 60.2 Å². The van der Waals surface area contributed by atoms with Gasteiger partial charge in [0.2, 0.25) is 0 Å². The van der Waals surface area contributed by atoms with E-state index in [0.29, 0.717) is 46.2 Å². The van der Waals surface area contributed by atoms with Gasteiger partial charge in [-0.25, -0.2) is 18.4 Å².